The summed E-state index contributed by atoms with van der Waals surface area (Å²) in [5.74, 6) is 0.717. The van der Waals surface area contributed by atoms with Crippen LogP contribution in [0.1, 0.15) is 64.5 Å². The Bertz CT molecular complexity index is 2820. The molecule has 0 aliphatic rings. The Morgan fingerprint density at radius 1 is 0.667 bits per heavy atom. The zero-order valence-corrected chi connectivity index (χ0v) is 37.5. The van der Waals surface area contributed by atoms with Crippen molar-refractivity contribution in [3.63, 3.8) is 0 Å². The van der Waals surface area contributed by atoms with Crippen LogP contribution in [0.25, 0.3) is 22.3 Å². The van der Waals surface area contributed by atoms with Gasteiger partial charge in [-0.1, -0.05) is 73.1 Å². The van der Waals surface area contributed by atoms with E-state index in [4.69, 9.17) is 23.2 Å². The van der Waals surface area contributed by atoms with Crippen molar-refractivity contribution in [1.29, 1.82) is 0 Å². The molecule has 0 spiro atoms. The lowest BCUT2D eigenvalue weighted by molar-refractivity contribution is 0.176. The van der Waals surface area contributed by atoms with Gasteiger partial charge in [-0.2, -0.15) is 4.98 Å². The summed E-state index contributed by atoms with van der Waals surface area (Å²) in [7, 11) is -0.729. The van der Waals surface area contributed by atoms with E-state index < -0.39 is 39.0 Å². The van der Waals surface area contributed by atoms with Crippen LogP contribution in [0.3, 0.4) is 0 Å². The van der Waals surface area contributed by atoms with Gasteiger partial charge in [0, 0.05) is 43.0 Å². The molecule has 16 nitrogen and oxygen atoms in total. The van der Waals surface area contributed by atoms with Crippen molar-refractivity contribution >= 4 is 67.1 Å². The van der Waals surface area contributed by atoms with Crippen molar-refractivity contribution in [1.82, 2.24) is 37.4 Å². The molecule has 2 unspecified atom stereocenters. The average Bonchev–Trinajstić information content (AvgIpc) is 3.76. The van der Waals surface area contributed by atoms with Crippen LogP contribution in [0.2, 0.25) is 10.0 Å². The van der Waals surface area contributed by atoms with Crippen molar-refractivity contribution in [2.45, 2.75) is 102 Å². The van der Waals surface area contributed by atoms with Gasteiger partial charge in [0.1, 0.15) is 0 Å². The van der Waals surface area contributed by atoms with Gasteiger partial charge in [-0.25, -0.2) is 23.0 Å². The number of imidazole rings is 2. The lowest BCUT2D eigenvalue weighted by Gasteiger charge is -2.12. The molecule has 0 aliphatic carbocycles. The maximum absolute atomic E-state index is 13.3. The second-order valence-electron chi connectivity index (χ2n) is 14.6. The molecule has 4 aromatic heterocycles. The second kappa shape index (κ2) is 19.9. The summed E-state index contributed by atoms with van der Waals surface area (Å²) in [4.78, 5) is 60.8. The minimum atomic E-state index is -3.79. The lowest BCUT2D eigenvalue weighted by Crippen LogP contribution is -2.40. The smallest absolute Gasteiger partial charge is 0.332 e. The van der Waals surface area contributed by atoms with E-state index in [1.807, 2.05) is 28.8 Å². The molecule has 2 aromatic carbocycles. The molecule has 0 amide bonds. The number of aryl methyl sites for hydroxylation is 2. The van der Waals surface area contributed by atoms with Crippen LogP contribution in [-0.4, -0.2) is 79.7 Å². The highest BCUT2D eigenvalue weighted by atomic mass is 35.5. The van der Waals surface area contributed by atoms with Crippen molar-refractivity contribution in [3.8, 4) is 0 Å². The zero-order chi connectivity index (χ0) is 44.1. The van der Waals surface area contributed by atoms with Crippen LogP contribution >= 0.6 is 35.0 Å². The Hall–Kier alpha value is -4.46. The van der Waals surface area contributed by atoms with Gasteiger partial charge >= 0.3 is 11.4 Å². The number of aliphatic hydroxyl groups excluding tert-OH is 2. The van der Waals surface area contributed by atoms with Crippen LogP contribution in [-0.2, 0) is 50.1 Å². The molecule has 0 aliphatic heterocycles. The number of sulfone groups is 1. The number of hydrogen-bond acceptors (Lipinski definition) is 11. The lowest BCUT2D eigenvalue weighted by atomic mass is 10.2. The second-order valence-corrected chi connectivity index (χ2v) is 18.5. The Morgan fingerprint density at radius 3 is 1.53 bits per heavy atom. The number of aliphatic hydroxyl groups is 2. The van der Waals surface area contributed by atoms with E-state index in [-0.39, 0.29) is 53.7 Å². The Balaban J connectivity index is 0.000000228. The van der Waals surface area contributed by atoms with E-state index in [9.17, 15) is 37.8 Å². The molecule has 0 fully saturated rings. The Kier molecular flexibility index (Phi) is 15.5. The number of benzene rings is 2. The van der Waals surface area contributed by atoms with Gasteiger partial charge in [0.05, 0.1) is 31.1 Å². The van der Waals surface area contributed by atoms with Gasteiger partial charge in [0.2, 0.25) is 15.0 Å². The molecule has 2 atom stereocenters. The summed E-state index contributed by atoms with van der Waals surface area (Å²) < 4.78 is 33.9. The summed E-state index contributed by atoms with van der Waals surface area (Å²) >= 11 is 13.5. The fourth-order valence-corrected chi connectivity index (χ4v) is 9.01. The monoisotopic (exact) mass is 904 g/mol. The van der Waals surface area contributed by atoms with Gasteiger partial charge in [0.25, 0.3) is 11.1 Å². The summed E-state index contributed by atoms with van der Waals surface area (Å²) in [6.45, 7) is 7.69. The van der Waals surface area contributed by atoms with Gasteiger partial charge < -0.3 is 19.3 Å². The third-order valence-corrected chi connectivity index (χ3v) is 13.1. The third kappa shape index (κ3) is 10.3. The summed E-state index contributed by atoms with van der Waals surface area (Å²) in [5.41, 5.74) is 0.444. The van der Waals surface area contributed by atoms with Crippen LogP contribution < -0.4 is 22.5 Å². The first kappa shape index (κ1) is 46.6. The molecule has 60 heavy (non-hydrogen) atoms. The van der Waals surface area contributed by atoms with Gasteiger partial charge in [0.15, 0.2) is 27.5 Å². The van der Waals surface area contributed by atoms with Crippen molar-refractivity contribution in [2.75, 3.05) is 11.5 Å². The predicted molar refractivity (Wildman–Crippen MR) is 236 cm³/mol. The first-order valence-electron chi connectivity index (χ1n) is 19.5. The quantitative estimate of drug-likeness (QED) is 0.130. The molecule has 0 saturated carbocycles. The summed E-state index contributed by atoms with van der Waals surface area (Å²) in [6.07, 6.45) is 0.566. The summed E-state index contributed by atoms with van der Waals surface area (Å²) in [5, 5.41) is 20.8. The first-order valence-corrected chi connectivity index (χ1v) is 22.9. The molecule has 6 aromatic rings. The van der Waals surface area contributed by atoms with Crippen molar-refractivity contribution in [3.05, 3.63) is 111 Å². The topological polar surface area (TPSA) is 198 Å². The molecule has 4 heterocycles. The molecule has 0 radical (unpaired) electrons. The van der Waals surface area contributed by atoms with E-state index in [2.05, 4.69) is 16.9 Å². The number of fused-ring (bicyclic) bond motifs is 2. The Morgan fingerprint density at radius 2 is 1.10 bits per heavy atom. The molecule has 324 valence electrons. The largest absolute Gasteiger partial charge is 0.393 e. The maximum Gasteiger partial charge on any atom is 0.332 e. The van der Waals surface area contributed by atoms with Crippen molar-refractivity contribution in [2.24, 2.45) is 14.1 Å². The number of aromatic nitrogens is 8. The Labute approximate surface area is 360 Å². The van der Waals surface area contributed by atoms with Crippen LogP contribution in [0.5, 0.6) is 0 Å². The SMILES string of the molecule is CCCS(=O)(=O)c1nc2c(c(=O)n(CCC(C)O)c(=O)n2C)n1Cc1ccc(Cl)cc1.CCCSc1nc2c(c(=O)n(CCC(C)O)c(=O)n2C)n1Cc1ccc(Cl)cc1. The number of thioether (sulfide) groups is 1. The number of nitrogens with zero attached hydrogens (tertiary/aromatic N) is 8. The first-order chi connectivity index (χ1) is 28.4. The highest BCUT2D eigenvalue weighted by molar-refractivity contribution is 7.99. The van der Waals surface area contributed by atoms with Crippen LogP contribution in [0.15, 0.2) is 78.0 Å². The number of rotatable bonds is 16. The number of halogens is 2. The molecule has 2 N–H and O–H groups in total. The maximum atomic E-state index is 13.3. The fourth-order valence-electron chi connectivity index (χ4n) is 6.47. The highest BCUT2D eigenvalue weighted by Gasteiger charge is 2.28. The average molecular weight is 906 g/mol. The molecule has 20 heteroatoms. The van der Waals surface area contributed by atoms with Crippen LogP contribution in [0.4, 0.5) is 0 Å². The molecular weight excluding hydrogens is 856 g/mol. The standard InChI is InChI=1S/C20H25ClN4O5S.C20H25ClN4O3S/c1-4-11-31(29,30)19-22-17-16(25(19)12-14-5-7-15(21)8-6-14)18(27)24(10-9-13(2)26)20(28)23(17)3;1-4-11-29-19-22-17-16(25(19)12-14-5-7-15(21)8-6-14)18(27)24(10-9-13(2)26)20(28)23(17)3/h5-8,13,26H,4,9-12H2,1-3H3;5-8,13,26H,4,9-12H2,1-3H3. The molecule has 0 saturated heterocycles. The fraction of sp³-hybridized carbons (Fsp3) is 0.450. The normalized spacial score (nSPS) is 12.8. The van der Waals surface area contributed by atoms with E-state index >= 15 is 0 Å². The van der Waals surface area contributed by atoms with Crippen LogP contribution in [0, 0.1) is 0 Å². The van der Waals surface area contributed by atoms with Gasteiger partial charge in [-0.3, -0.25) is 27.9 Å². The number of hydrogen-bond donors (Lipinski definition) is 2. The van der Waals surface area contributed by atoms with E-state index in [1.54, 1.807) is 63.8 Å². The van der Waals surface area contributed by atoms with Crippen molar-refractivity contribution < 1.29 is 18.6 Å². The minimum Gasteiger partial charge on any atom is -0.393 e. The molecular formula is C40H50Cl2N8O8S2. The predicted octanol–water partition coefficient (Wildman–Crippen LogP) is 4.42. The highest BCUT2D eigenvalue weighted by Crippen LogP contribution is 2.25. The van der Waals surface area contributed by atoms with E-state index in [0.717, 1.165) is 27.9 Å². The summed E-state index contributed by atoms with van der Waals surface area (Å²) in [6, 6.07) is 14.3. The minimum absolute atomic E-state index is 0.00226. The zero-order valence-electron chi connectivity index (χ0n) is 34.3. The third-order valence-electron chi connectivity index (χ3n) is 9.63. The molecule has 6 rings (SSSR count). The van der Waals surface area contributed by atoms with Gasteiger partial charge in [-0.05, 0) is 74.9 Å². The molecule has 0 bridgehead atoms. The van der Waals surface area contributed by atoms with Gasteiger partial charge in [-0.15, -0.1) is 0 Å². The van der Waals surface area contributed by atoms with E-state index in [0.29, 0.717) is 45.8 Å². The van der Waals surface area contributed by atoms with E-state index in [1.165, 1.54) is 25.3 Å².